The van der Waals surface area contributed by atoms with E-state index in [0.29, 0.717) is 38.1 Å². The molecule has 232 valence electrons. The number of carbonyl (C=O) groups is 3. The first-order chi connectivity index (χ1) is 19.6. The lowest BCUT2D eigenvalue weighted by Gasteiger charge is -2.28. The summed E-state index contributed by atoms with van der Waals surface area (Å²) in [5, 5.41) is 6.64. The Hall–Kier alpha value is -3.61. The molecule has 1 saturated heterocycles. The molecule has 0 aliphatic carbocycles. The largest absolute Gasteiger partial charge is 0.493 e. The standard InChI is InChI=1S/C29H43N5O7S/c1-8-15-40-23-13-12-20(42(38,39)18(3)4)16-21(23)27(36)31-24-22(9-2)32-34(25(24)26(30)35)17-19-11-10-14-33(19)28(37)41-29(5,6)7/h12-13,16,18-19H,8-11,14-15,17H2,1-7H3,(H2,30,35)(H,31,36)/t19-/m0/s1. The van der Waals surface area contributed by atoms with Crippen LogP contribution in [0.2, 0.25) is 0 Å². The molecular formula is C29H43N5O7S. The number of benzene rings is 1. The minimum absolute atomic E-state index is 0.00212. The molecule has 1 aromatic heterocycles. The van der Waals surface area contributed by atoms with E-state index in [1.165, 1.54) is 22.9 Å². The summed E-state index contributed by atoms with van der Waals surface area (Å²) < 4.78 is 38.5. The first-order valence-electron chi connectivity index (χ1n) is 14.3. The maximum atomic E-state index is 13.7. The van der Waals surface area contributed by atoms with Gasteiger partial charge in [-0.15, -0.1) is 0 Å². The van der Waals surface area contributed by atoms with E-state index in [2.05, 4.69) is 10.4 Å². The number of likely N-dealkylation sites (tertiary alicyclic amines) is 1. The van der Waals surface area contributed by atoms with Crippen LogP contribution in [0.15, 0.2) is 23.1 Å². The van der Waals surface area contributed by atoms with Gasteiger partial charge in [-0.25, -0.2) is 13.2 Å². The molecule has 0 bridgehead atoms. The molecule has 1 aliphatic heterocycles. The lowest BCUT2D eigenvalue weighted by Crippen LogP contribution is -2.42. The molecule has 1 atom stereocenters. The van der Waals surface area contributed by atoms with Crippen LogP contribution in [0.5, 0.6) is 5.75 Å². The van der Waals surface area contributed by atoms with Gasteiger partial charge in [-0.05, 0) is 78.5 Å². The fourth-order valence-corrected chi connectivity index (χ4v) is 5.80. The van der Waals surface area contributed by atoms with Crippen LogP contribution in [0.3, 0.4) is 0 Å². The molecule has 1 fully saturated rings. The number of hydrogen-bond donors (Lipinski definition) is 2. The molecule has 13 heteroatoms. The highest BCUT2D eigenvalue weighted by Gasteiger charge is 2.34. The quantitative estimate of drug-likeness (QED) is 0.386. The van der Waals surface area contributed by atoms with Crippen molar-refractivity contribution < 1.29 is 32.3 Å². The lowest BCUT2D eigenvalue weighted by atomic mass is 10.1. The van der Waals surface area contributed by atoms with E-state index in [9.17, 15) is 22.8 Å². The third-order valence-electron chi connectivity index (χ3n) is 6.83. The van der Waals surface area contributed by atoms with Gasteiger partial charge in [0.1, 0.15) is 17.0 Å². The van der Waals surface area contributed by atoms with E-state index in [1.807, 2.05) is 13.8 Å². The molecule has 1 aliphatic rings. The minimum Gasteiger partial charge on any atom is -0.493 e. The summed E-state index contributed by atoms with van der Waals surface area (Å²) in [7, 11) is -3.68. The van der Waals surface area contributed by atoms with Gasteiger partial charge < -0.3 is 25.4 Å². The van der Waals surface area contributed by atoms with E-state index in [0.717, 1.165) is 6.42 Å². The van der Waals surface area contributed by atoms with Crippen LogP contribution in [0.1, 0.15) is 94.3 Å². The molecule has 0 radical (unpaired) electrons. The Morgan fingerprint density at radius 3 is 2.45 bits per heavy atom. The fraction of sp³-hybridized carbons (Fsp3) is 0.586. The fourth-order valence-electron chi connectivity index (χ4n) is 4.71. The molecule has 42 heavy (non-hydrogen) atoms. The number of ether oxygens (including phenoxy) is 2. The SMILES string of the molecule is CCCOc1ccc(S(=O)(=O)C(C)C)cc1C(=O)Nc1c(CC)nn(C[C@@H]2CCCN2C(=O)OC(C)(C)C)c1C(N)=O. The Morgan fingerprint density at radius 2 is 1.88 bits per heavy atom. The second-order valence-corrected chi connectivity index (χ2v) is 14.1. The van der Waals surface area contributed by atoms with Crippen molar-refractivity contribution in [1.29, 1.82) is 0 Å². The maximum Gasteiger partial charge on any atom is 0.410 e. The predicted octanol–water partition coefficient (Wildman–Crippen LogP) is 4.17. The summed E-state index contributed by atoms with van der Waals surface area (Å²) in [6, 6.07) is 3.87. The van der Waals surface area contributed by atoms with Gasteiger partial charge in [-0.1, -0.05) is 13.8 Å². The van der Waals surface area contributed by atoms with Crippen LogP contribution in [-0.2, 0) is 27.5 Å². The van der Waals surface area contributed by atoms with Crippen molar-refractivity contribution in [3.05, 3.63) is 35.2 Å². The van der Waals surface area contributed by atoms with Crippen molar-refractivity contribution in [3.8, 4) is 5.75 Å². The van der Waals surface area contributed by atoms with Gasteiger partial charge in [-0.2, -0.15) is 5.10 Å². The van der Waals surface area contributed by atoms with Crippen LogP contribution in [-0.4, -0.2) is 71.1 Å². The number of nitrogens with zero attached hydrogens (tertiary/aromatic N) is 3. The summed E-state index contributed by atoms with van der Waals surface area (Å²) in [5.41, 5.74) is 5.68. The number of hydrogen-bond acceptors (Lipinski definition) is 8. The third kappa shape index (κ3) is 7.42. The number of amides is 3. The summed E-state index contributed by atoms with van der Waals surface area (Å²) in [4.78, 5) is 40.8. The Morgan fingerprint density at radius 1 is 1.19 bits per heavy atom. The molecule has 0 unspecified atom stereocenters. The number of anilines is 1. The smallest absolute Gasteiger partial charge is 0.410 e. The van der Waals surface area contributed by atoms with Gasteiger partial charge in [-0.3, -0.25) is 14.3 Å². The van der Waals surface area contributed by atoms with Crippen molar-refractivity contribution in [2.75, 3.05) is 18.5 Å². The molecule has 12 nitrogen and oxygen atoms in total. The van der Waals surface area contributed by atoms with Gasteiger partial charge in [0, 0.05) is 6.54 Å². The highest BCUT2D eigenvalue weighted by Crippen LogP contribution is 2.30. The molecule has 2 heterocycles. The van der Waals surface area contributed by atoms with Crippen LogP contribution in [0.25, 0.3) is 0 Å². The van der Waals surface area contributed by atoms with E-state index >= 15 is 0 Å². The summed E-state index contributed by atoms with van der Waals surface area (Å²) >= 11 is 0. The topological polar surface area (TPSA) is 163 Å². The summed E-state index contributed by atoms with van der Waals surface area (Å²) in [6.07, 6.45) is 2.03. The molecule has 3 N–H and O–H groups in total. The molecular weight excluding hydrogens is 562 g/mol. The van der Waals surface area contributed by atoms with E-state index in [4.69, 9.17) is 15.2 Å². The van der Waals surface area contributed by atoms with Crippen molar-refractivity contribution in [2.45, 2.75) is 102 Å². The van der Waals surface area contributed by atoms with Crippen molar-refractivity contribution in [2.24, 2.45) is 5.73 Å². The average molecular weight is 606 g/mol. The number of rotatable bonds is 11. The van der Waals surface area contributed by atoms with Crippen molar-refractivity contribution in [3.63, 3.8) is 0 Å². The van der Waals surface area contributed by atoms with Gasteiger partial charge in [0.2, 0.25) is 0 Å². The van der Waals surface area contributed by atoms with E-state index in [-0.39, 0.29) is 40.2 Å². The zero-order valence-electron chi connectivity index (χ0n) is 25.5. The highest BCUT2D eigenvalue weighted by molar-refractivity contribution is 7.92. The van der Waals surface area contributed by atoms with E-state index in [1.54, 1.807) is 39.5 Å². The maximum absolute atomic E-state index is 13.7. The molecule has 0 spiro atoms. The zero-order chi connectivity index (χ0) is 31.4. The van der Waals surface area contributed by atoms with Crippen molar-refractivity contribution in [1.82, 2.24) is 14.7 Å². The number of carbonyl (C=O) groups excluding carboxylic acids is 3. The molecule has 3 amide bonds. The summed E-state index contributed by atoms with van der Waals surface area (Å²) in [6.45, 7) is 13.2. The number of nitrogens with two attached hydrogens (primary N) is 1. The van der Waals surface area contributed by atoms with E-state index < -0.39 is 38.6 Å². The number of sulfone groups is 1. The predicted molar refractivity (Wildman–Crippen MR) is 159 cm³/mol. The Bertz CT molecular complexity index is 1430. The van der Waals surface area contributed by atoms with Crippen LogP contribution >= 0.6 is 0 Å². The second-order valence-electron chi connectivity index (χ2n) is 11.6. The van der Waals surface area contributed by atoms with Gasteiger partial charge in [0.05, 0.1) is 46.3 Å². The Labute approximate surface area is 247 Å². The summed E-state index contributed by atoms with van der Waals surface area (Å²) in [5.74, 6) is -1.27. The van der Waals surface area contributed by atoms with Gasteiger partial charge in [0.15, 0.2) is 9.84 Å². The Balaban J connectivity index is 2.00. The third-order valence-corrected chi connectivity index (χ3v) is 8.98. The highest BCUT2D eigenvalue weighted by atomic mass is 32.2. The van der Waals surface area contributed by atoms with Crippen LogP contribution < -0.4 is 15.8 Å². The van der Waals surface area contributed by atoms with Crippen LogP contribution in [0.4, 0.5) is 10.5 Å². The molecule has 1 aromatic carbocycles. The molecule has 2 aromatic rings. The number of nitrogens with one attached hydrogen (secondary N) is 1. The molecule has 0 saturated carbocycles. The van der Waals surface area contributed by atoms with Crippen molar-refractivity contribution >= 4 is 33.4 Å². The number of aromatic nitrogens is 2. The number of aryl methyl sites for hydroxylation is 1. The average Bonchev–Trinajstić information content (AvgIpc) is 3.50. The second kappa shape index (κ2) is 13.1. The molecule has 3 rings (SSSR count). The van der Waals surface area contributed by atoms with Gasteiger partial charge >= 0.3 is 6.09 Å². The van der Waals surface area contributed by atoms with Gasteiger partial charge in [0.25, 0.3) is 11.8 Å². The Kier molecular flexibility index (Phi) is 10.3. The first kappa shape index (κ1) is 32.9. The normalized spacial score (nSPS) is 15.6. The lowest BCUT2D eigenvalue weighted by molar-refractivity contribution is 0.0211. The number of primary amides is 1. The first-order valence-corrected chi connectivity index (χ1v) is 15.9. The minimum atomic E-state index is -3.68. The van der Waals surface area contributed by atoms with Crippen LogP contribution in [0, 0.1) is 0 Å². The zero-order valence-corrected chi connectivity index (χ0v) is 26.3. The monoisotopic (exact) mass is 605 g/mol.